The third-order valence-electron chi connectivity index (χ3n) is 2.82. The Balaban J connectivity index is 2.29. The Morgan fingerprint density at radius 3 is 2.75 bits per heavy atom. The van der Waals surface area contributed by atoms with Gasteiger partial charge in [-0.1, -0.05) is 30.4 Å². The van der Waals surface area contributed by atoms with Crippen LogP contribution in [0.3, 0.4) is 0 Å². The van der Waals surface area contributed by atoms with Gasteiger partial charge in [-0.2, -0.15) is 5.26 Å². The summed E-state index contributed by atoms with van der Waals surface area (Å²) in [5.41, 5.74) is 1.40. The predicted molar refractivity (Wildman–Crippen MR) is 95.9 cm³/mol. The smallest absolute Gasteiger partial charge is 0.133 e. The molecule has 4 heteroatoms. The van der Waals surface area contributed by atoms with Crippen LogP contribution in [-0.4, -0.2) is 6.21 Å². The molecule has 0 unspecified atom stereocenters. The molecule has 1 aliphatic heterocycles. The average molecular weight is 316 g/mol. The van der Waals surface area contributed by atoms with Crippen LogP contribution >= 0.6 is 0 Å². The van der Waals surface area contributed by atoms with Gasteiger partial charge < -0.3 is 9.47 Å². The van der Waals surface area contributed by atoms with Crippen LogP contribution in [0, 0.1) is 11.3 Å². The quantitative estimate of drug-likeness (QED) is 0.698. The van der Waals surface area contributed by atoms with Gasteiger partial charge in [0.15, 0.2) is 0 Å². The number of aliphatic imine (C=N–C) groups is 1. The van der Waals surface area contributed by atoms with Crippen LogP contribution in [0.5, 0.6) is 5.75 Å². The van der Waals surface area contributed by atoms with E-state index in [1.807, 2.05) is 30.3 Å². The summed E-state index contributed by atoms with van der Waals surface area (Å²) in [6.07, 6.45) is 19.8. The molecule has 0 aromatic heterocycles. The minimum absolute atomic E-state index is 0.527. The van der Waals surface area contributed by atoms with Gasteiger partial charge in [0.25, 0.3) is 0 Å². The summed E-state index contributed by atoms with van der Waals surface area (Å²) < 4.78 is 10.7. The summed E-state index contributed by atoms with van der Waals surface area (Å²) in [6, 6.07) is 9.71. The average Bonchev–Trinajstić information content (AvgIpc) is 2.61. The second-order valence-electron chi connectivity index (χ2n) is 4.48. The minimum atomic E-state index is 0.527. The number of nitriles is 1. The van der Waals surface area contributed by atoms with E-state index in [9.17, 15) is 5.26 Å². The van der Waals surface area contributed by atoms with E-state index in [0.717, 1.165) is 5.56 Å². The van der Waals surface area contributed by atoms with E-state index >= 15 is 0 Å². The molecule has 0 amide bonds. The summed E-state index contributed by atoms with van der Waals surface area (Å²) in [6.45, 7) is 0. The first kappa shape index (κ1) is 16.8. The summed E-state index contributed by atoms with van der Waals surface area (Å²) >= 11 is 0. The van der Waals surface area contributed by atoms with Gasteiger partial charge in [-0.15, -0.1) is 0 Å². The Labute approximate surface area is 141 Å². The third kappa shape index (κ3) is 6.04. The van der Waals surface area contributed by atoms with Crippen molar-refractivity contribution in [2.24, 2.45) is 4.99 Å². The van der Waals surface area contributed by atoms with Crippen LogP contribution in [0.2, 0.25) is 0 Å². The molecule has 0 aliphatic carbocycles. The van der Waals surface area contributed by atoms with Crippen molar-refractivity contribution in [3.8, 4) is 11.8 Å². The van der Waals surface area contributed by atoms with Crippen LogP contribution < -0.4 is 4.74 Å². The number of fused-ring (bicyclic) bond motifs is 1. The Bertz CT molecular complexity index is 788. The van der Waals surface area contributed by atoms with E-state index in [2.05, 4.69) is 11.1 Å². The lowest BCUT2D eigenvalue weighted by Gasteiger charge is -2.03. The molecule has 1 heterocycles. The zero-order chi connectivity index (χ0) is 16.9. The number of para-hydroxylation sites is 1. The fourth-order valence-electron chi connectivity index (χ4n) is 1.71. The minimum Gasteiger partial charge on any atom is -0.471 e. The van der Waals surface area contributed by atoms with Crippen molar-refractivity contribution in [1.29, 1.82) is 5.26 Å². The van der Waals surface area contributed by atoms with Crippen molar-refractivity contribution in [2.75, 3.05) is 0 Å². The van der Waals surface area contributed by atoms with Gasteiger partial charge in [-0.3, -0.25) is 4.99 Å². The summed E-state index contributed by atoms with van der Waals surface area (Å²) in [5, 5.41) is 9.18. The zero-order valence-corrected chi connectivity index (χ0v) is 12.9. The Morgan fingerprint density at radius 1 is 0.917 bits per heavy atom. The lowest BCUT2D eigenvalue weighted by molar-refractivity contribution is 0.402. The van der Waals surface area contributed by atoms with Gasteiger partial charge in [0.1, 0.15) is 12.0 Å². The number of benzene rings is 1. The van der Waals surface area contributed by atoms with Gasteiger partial charge in [-0.05, 0) is 36.4 Å². The Hall–Kier alpha value is -3.58. The van der Waals surface area contributed by atoms with Crippen LogP contribution in [0.15, 0.2) is 96.3 Å². The highest BCUT2D eigenvalue weighted by molar-refractivity contribution is 5.71. The standard InChI is InChI=1S/C20H16N2O2/c21-17-18-7-2-1-5-14-23-16-13-22-12-6-15-24-20-9-4-3-8-19(20)11-10-18/h1-16H. The highest BCUT2D eigenvalue weighted by Gasteiger charge is 1.98. The number of rotatable bonds is 0. The molecule has 1 aromatic carbocycles. The summed E-state index contributed by atoms with van der Waals surface area (Å²) in [5.74, 6) is 0.689. The molecule has 2 rings (SSSR count). The monoisotopic (exact) mass is 316 g/mol. The number of nitrogens with zero attached hydrogens (tertiary/aromatic N) is 2. The lowest BCUT2D eigenvalue weighted by Crippen LogP contribution is -1.86. The molecular weight excluding hydrogens is 300 g/mol. The van der Waals surface area contributed by atoms with Crippen molar-refractivity contribution < 1.29 is 9.47 Å². The van der Waals surface area contributed by atoms with E-state index in [4.69, 9.17) is 9.47 Å². The number of ether oxygens (including phenoxy) is 2. The molecule has 0 saturated carbocycles. The molecule has 0 radical (unpaired) electrons. The van der Waals surface area contributed by atoms with E-state index in [0.29, 0.717) is 11.3 Å². The topological polar surface area (TPSA) is 54.6 Å². The first-order valence-corrected chi connectivity index (χ1v) is 7.26. The highest BCUT2D eigenvalue weighted by Crippen LogP contribution is 2.20. The van der Waals surface area contributed by atoms with E-state index in [1.54, 1.807) is 42.7 Å². The highest BCUT2D eigenvalue weighted by atomic mass is 16.5. The van der Waals surface area contributed by atoms with Gasteiger partial charge in [0, 0.05) is 11.8 Å². The molecule has 0 spiro atoms. The van der Waals surface area contributed by atoms with Crippen molar-refractivity contribution in [3.05, 3.63) is 96.8 Å². The largest absolute Gasteiger partial charge is 0.471 e. The molecule has 0 fully saturated rings. The second kappa shape index (κ2) is 10.2. The summed E-state index contributed by atoms with van der Waals surface area (Å²) in [4.78, 5) is 4.00. The van der Waals surface area contributed by atoms with Crippen molar-refractivity contribution in [2.45, 2.75) is 0 Å². The van der Waals surface area contributed by atoms with E-state index < -0.39 is 0 Å². The van der Waals surface area contributed by atoms with E-state index in [1.165, 1.54) is 25.0 Å². The summed E-state index contributed by atoms with van der Waals surface area (Å²) in [7, 11) is 0. The van der Waals surface area contributed by atoms with Crippen LogP contribution in [0.25, 0.3) is 6.08 Å². The Kier molecular flexibility index (Phi) is 7.13. The first-order chi connectivity index (χ1) is 11.9. The van der Waals surface area contributed by atoms with Gasteiger partial charge >= 0.3 is 0 Å². The van der Waals surface area contributed by atoms with Crippen LogP contribution in [0.1, 0.15) is 5.56 Å². The number of hydrogen-bond acceptors (Lipinski definition) is 4. The third-order valence-corrected chi connectivity index (χ3v) is 2.82. The van der Waals surface area contributed by atoms with Crippen LogP contribution in [-0.2, 0) is 4.74 Å². The van der Waals surface area contributed by atoms with E-state index in [-0.39, 0.29) is 0 Å². The zero-order valence-electron chi connectivity index (χ0n) is 12.9. The second-order valence-corrected chi connectivity index (χ2v) is 4.48. The van der Waals surface area contributed by atoms with Crippen molar-refractivity contribution >= 4 is 12.3 Å². The predicted octanol–water partition coefficient (Wildman–Crippen LogP) is 4.68. The maximum absolute atomic E-state index is 9.18. The maximum atomic E-state index is 9.18. The van der Waals surface area contributed by atoms with Gasteiger partial charge in [0.2, 0.25) is 0 Å². The maximum Gasteiger partial charge on any atom is 0.133 e. The molecule has 24 heavy (non-hydrogen) atoms. The molecule has 4 nitrogen and oxygen atoms in total. The number of allylic oxidation sites excluding steroid dienone is 7. The molecule has 1 aliphatic rings. The SMILES string of the molecule is N#CC1=CC=CC=COC=CN=CC=COc2ccccc2C=C1. The first-order valence-electron chi connectivity index (χ1n) is 7.26. The fourth-order valence-corrected chi connectivity index (χ4v) is 1.71. The van der Waals surface area contributed by atoms with Crippen LogP contribution in [0.4, 0.5) is 0 Å². The number of hydrogen-bond donors (Lipinski definition) is 0. The fraction of sp³-hybridized carbons (Fsp3) is 0. The molecule has 0 saturated heterocycles. The molecule has 0 N–H and O–H groups in total. The van der Waals surface area contributed by atoms with Crippen molar-refractivity contribution in [1.82, 2.24) is 0 Å². The van der Waals surface area contributed by atoms with Gasteiger partial charge in [0.05, 0.1) is 30.4 Å². The Morgan fingerprint density at radius 2 is 1.83 bits per heavy atom. The molecular formula is C20H16N2O2. The van der Waals surface area contributed by atoms with Crippen molar-refractivity contribution in [3.63, 3.8) is 0 Å². The molecule has 118 valence electrons. The van der Waals surface area contributed by atoms with Gasteiger partial charge in [-0.25, -0.2) is 0 Å². The normalized spacial score (nSPS) is 14.5. The molecule has 0 bridgehead atoms. The molecule has 0 atom stereocenters. The molecule has 1 aromatic rings. The lowest BCUT2D eigenvalue weighted by atomic mass is 10.1.